The summed E-state index contributed by atoms with van der Waals surface area (Å²) in [6.45, 7) is 7.75. The average molecular weight is 254 g/mol. The number of anilines is 1. The predicted octanol–water partition coefficient (Wildman–Crippen LogP) is 3.63. The molecular formula is C16H18N2O. The molecule has 0 aliphatic carbocycles. The van der Waals surface area contributed by atoms with Crippen molar-refractivity contribution in [3.8, 4) is 0 Å². The Kier molecular flexibility index (Phi) is 3.95. The molecule has 0 spiro atoms. The largest absolute Gasteiger partial charge is 0.324 e. The second-order valence-electron chi connectivity index (χ2n) is 4.88. The number of nitrogens with one attached hydrogen (secondary N) is 1. The van der Waals surface area contributed by atoms with Crippen molar-refractivity contribution >= 4 is 22.5 Å². The fourth-order valence-electron chi connectivity index (χ4n) is 2.10. The zero-order valence-corrected chi connectivity index (χ0v) is 11.3. The van der Waals surface area contributed by atoms with Crippen LogP contribution < -0.4 is 5.32 Å². The lowest BCUT2D eigenvalue weighted by Gasteiger charge is -2.16. The number of fused-ring (bicyclic) bond motifs is 1. The van der Waals surface area contributed by atoms with E-state index in [-0.39, 0.29) is 17.7 Å². The Morgan fingerprint density at radius 3 is 2.74 bits per heavy atom. The first-order valence-electron chi connectivity index (χ1n) is 6.40. The van der Waals surface area contributed by atoms with Crippen LogP contribution in [-0.2, 0) is 4.79 Å². The second-order valence-corrected chi connectivity index (χ2v) is 4.88. The molecule has 1 aromatic carbocycles. The molecular weight excluding hydrogens is 236 g/mol. The number of carbonyl (C=O) groups is 1. The van der Waals surface area contributed by atoms with Crippen molar-refractivity contribution < 1.29 is 4.79 Å². The lowest BCUT2D eigenvalue weighted by molar-refractivity contribution is -0.119. The number of hydrogen-bond donors (Lipinski definition) is 1. The Morgan fingerprint density at radius 2 is 2.05 bits per heavy atom. The van der Waals surface area contributed by atoms with Crippen molar-refractivity contribution in [3.63, 3.8) is 0 Å². The number of hydrogen-bond acceptors (Lipinski definition) is 2. The van der Waals surface area contributed by atoms with Gasteiger partial charge >= 0.3 is 0 Å². The number of carbonyl (C=O) groups excluding carboxylic acids is 1. The van der Waals surface area contributed by atoms with Crippen molar-refractivity contribution in [3.05, 3.63) is 49.2 Å². The van der Waals surface area contributed by atoms with Gasteiger partial charge in [-0.3, -0.25) is 9.78 Å². The van der Waals surface area contributed by atoms with Gasteiger partial charge in [-0.05, 0) is 18.1 Å². The summed E-state index contributed by atoms with van der Waals surface area (Å²) in [6.07, 6.45) is 3.42. The third kappa shape index (κ3) is 2.81. The molecule has 1 atom stereocenters. The number of para-hydroxylation sites is 1. The molecule has 0 saturated heterocycles. The molecule has 2 rings (SSSR count). The number of nitrogens with zero attached hydrogens (tertiary/aromatic N) is 1. The summed E-state index contributed by atoms with van der Waals surface area (Å²) < 4.78 is 0. The molecule has 0 aliphatic rings. The van der Waals surface area contributed by atoms with Crippen LogP contribution >= 0.6 is 0 Å². The summed E-state index contributed by atoms with van der Waals surface area (Å²) in [7, 11) is 0. The minimum absolute atomic E-state index is 0.0387. The Hall–Kier alpha value is -2.16. The number of rotatable bonds is 4. The summed E-state index contributed by atoms with van der Waals surface area (Å²) in [4.78, 5) is 16.5. The lowest BCUT2D eigenvalue weighted by atomic mass is 9.95. The zero-order chi connectivity index (χ0) is 13.8. The number of pyridine rings is 1. The van der Waals surface area contributed by atoms with Crippen molar-refractivity contribution in [2.75, 3.05) is 5.32 Å². The van der Waals surface area contributed by atoms with Crippen LogP contribution in [0.25, 0.3) is 10.9 Å². The second kappa shape index (κ2) is 5.65. The third-order valence-corrected chi connectivity index (χ3v) is 3.17. The van der Waals surface area contributed by atoms with Crippen LogP contribution in [0.3, 0.4) is 0 Å². The molecule has 2 aromatic rings. The molecule has 0 fully saturated rings. The third-order valence-electron chi connectivity index (χ3n) is 3.17. The first kappa shape index (κ1) is 13.3. The highest BCUT2D eigenvalue weighted by molar-refractivity contribution is 6.01. The SMILES string of the molecule is C=CC(C(=O)Nc1cccc2cccnc12)C(C)C. The molecule has 1 amide bonds. The van der Waals surface area contributed by atoms with Crippen LogP contribution in [0.1, 0.15) is 13.8 Å². The van der Waals surface area contributed by atoms with Gasteiger partial charge in [0.05, 0.1) is 17.1 Å². The molecule has 19 heavy (non-hydrogen) atoms. The fraction of sp³-hybridized carbons (Fsp3) is 0.250. The first-order valence-corrected chi connectivity index (χ1v) is 6.40. The maximum absolute atomic E-state index is 12.2. The van der Waals surface area contributed by atoms with E-state index in [1.807, 2.05) is 44.2 Å². The van der Waals surface area contributed by atoms with Crippen LogP contribution in [0, 0.1) is 11.8 Å². The summed E-state index contributed by atoms with van der Waals surface area (Å²) in [5.74, 6) is -0.0115. The van der Waals surface area contributed by atoms with E-state index in [9.17, 15) is 4.79 Å². The van der Waals surface area contributed by atoms with Gasteiger partial charge in [0, 0.05) is 11.6 Å². The molecule has 0 bridgehead atoms. The van der Waals surface area contributed by atoms with Crippen LogP contribution in [-0.4, -0.2) is 10.9 Å². The van der Waals surface area contributed by atoms with Crippen molar-refractivity contribution in [2.45, 2.75) is 13.8 Å². The Labute approximate surface area is 113 Å². The lowest BCUT2D eigenvalue weighted by Crippen LogP contribution is -2.25. The van der Waals surface area contributed by atoms with Gasteiger partial charge in [-0.15, -0.1) is 6.58 Å². The van der Waals surface area contributed by atoms with Gasteiger partial charge < -0.3 is 5.32 Å². The number of aromatic nitrogens is 1. The van der Waals surface area contributed by atoms with Gasteiger partial charge in [-0.25, -0.2) is 0 Å². The van der Waals surface area contributed by atoms with Gasteiger partial charge in [0.25, 0.3) is 0 Å². The van der Waals surface area contributed by atoms with Gasteiger partial charge in [-0.1, -0.05) is 38.1 Å². The minimum atomic E-state index is -0.195. The highest BCUT2D eigenvalue weighted by atomic mass is 16.1. The van der Waals surface area contributed by atoms with Crippen molar-refractivity contribution in [1.82, 2.24) is 4.98 Å². The smallest absolute Gasteiger partial charge is 0.231 e. The highest BCUT2D eigenvalue weighted by Gasteiger charge is 2.19. The quantitative estimate of drug-likeness (QED) is 0.846. The molecule has 1 N–H and O–H groups in total. The van der Waals surface area contributed by atoms with Gasteiger partial charge in [-0.2, -0.15) is 0 Å². The molecule has 0 saturated carbocycles. The minimum Gasteiger partial charge on any atom is -0.324 e. The van der Waals surface area contributed by atoms with Crippen LogP contribution in [0.4, 0.5) is 5.69 Å². The van der Waals surface area contributed by atoms with Crippen LogP contribution in [0.5, 0.6) is 0 Å². The van der Waals surface area contributed by atoms with E-state index in [1.165, 1.54) is 0 Å². The van der Waals surface area contributed by atoms with E-state index < -0.39 is 0 Å². The molecule has 1 unspecified atom stereocenters. The summed E-state index contributed by atoms with van der Waals surface area (Å²) >= 11 is 0. The number of amides is 1. The molecule has 3 heteroatoms. The fourth-order valence-corrected chi connectivity index (χ4v) is 2.10. The average Bonchev–Trinajstić information content (AvgIpc) is 2.39. The monoisotopic (exact) mass is 254 g/mol. The molecule has 1 aromatic heterocycles. The van der Waals surface area contributed by atoms with Crippen molar-refractivity contribution in [2.24, 2.45) is 11.8 Å². The molecule has 3 nitrogen and oxygen atoms in total. The van der Waals surface area contributed by atoms with Gasteiger partial charge in [0.2, 0.25) is 5.91 Å². The van der Waals surface area contributed by atoms with E-state index >= 15 is 0 Å². The highest BCUT2D eigenvalue weighted by Crippen LogP contribution is 2.22. The molecule has 0 radical (unpaired) electrons. The maximum Gasteiger partial charge on any atom is 0.231 e. The van der Waals surface area contributed by atoms with E-state index in [0.717, 1.165) is 16.6 Å². The summed E-state index contributed by atoms with van der Waals surface area (Å²) in [6, 6.07) is 9.62. The Bertz CT molecular complexity index is 599. The van der Waals surface area contributed by atoms with Crippen LogP contribution in [0.2, 0.25) is 0 Å². The Balaban J connectivity index is 2.31. The Morgan fingerprint density at radius 1 is 1.32 bits per heavy atom. The van der Waals surface area contributed by atoms with Gasteiger partial charge in [0.1, 0.15) is 0 Å². The van der Waals surface area contributed by atoms with Crippen molar-refractivity contribution in [1.29, 1.82) is 0 Å². The maximum atomic E-state index is 12.2. The molecule has 0 aliphatic heterocycles. The summed E-state index contributed by atoms with van der Waals surface area (Å²) in [5.41, 5.74) is 1.56. The van der Waals surface area contributed by atoms with Gasteiger partial charge in [0.15, 0.2) is 0 Å². The standard InChI is InChI=1S/C16H18N2O/c1-4-13(11(2)3)16(19)18-14-9-5-7-12-8-6-10-17-15(12)14/h4-11,13H,1H2,2-3H3,(H,18,19). The molecule has 98 valence electrons. The molecule has 1 heterocycles. The number of benzene rings is 1. The first-order chi connectivity index (χ1) is 9.13. The topological polar surface area (TPSA) is 42.0 Å². The van der Waals surface area contributed by atoms with E-state index in [0.29, 0.717) is 0 Å². The summed E-state index contributed by atoms with van der Waals surface area (Å²) in [5, 5.41) is 3.96. The predicted molar refractivity (Wildman–Crippen MR) is 78.9 cm³/mol. The normalized spacial score (nSPS) is 12.4. The van der Waals surface area contributed by atoms with E-state index in [4.69, 9.17) is 0 Å². The zero-order valence-electron chi connectivity index (χ0n) is 11.3. The van der Waals surface area contributed by atoms with E-state index in [2.05, 4.69) is 16.9 Å². The van der Waals surface area contributed by atoms with Crippen LogP contribution in [0.15, 0.2) is 49.2 Å². The van der Waals surface area contributed by atoms with E-state index in [1.54, 1.807) is 12.3 Å².